The number of ether oxygens (including phenoxy) is 1. The van der Waals surface area contributed by atoms with Crippen LogP contribution in [0.25, 0.3) is 0 Å². The fraction of sp³-hybridized carbons (Fsp3) is 0.478. The number of amides is 1. The van der Waals surface area contributed by atoms with Crippen LogP contribution in [0.3, 0.4) is 0 Å². The lowest BCUT2D eigenvalue weighted by Gasteiger charge is -2.42. The summed E-state index contributed by atoms with van der Waals surface area (Å²) in [5.41, 5.74) is 3.38. The van der Waals surface area contributed by atoms with E-state index in [-0.39, 0.29) is 24.0 Å². The summed E-state index contributed by atoms with van der Waals surface area (Å²) in [4.78, 5) is 26.9. The van der Waals surface area contributed by atoms with Crippen LogP contribution in [-0.4, -0.2) is 35.1 Å². The molecule has 148 valence electrons. The van der Waals surface area contributed by atoms with Gasteiger partial charge in [-0.15, -0.1) is 0 Å². The highest BCUT2D eigenvalue weighted by atomic mass is 16.5. The van der Waals surface area contributed by atoms with Crippen LogP contribution in [0.4, 0.5) is 0 Å². The van der Waals surface area contributed by atoms with E-state index in [1.54, 1.807) is 6.07 Å². The van der Waals surface area contributed by atoms with Crippen LogP contribution < -0.4 is 10.3 Å². The molecule has 0 aliphatic carbocycles. The number of nitrogens with zero attached hydrogens (tertiary/aromatic N) is 2. The summed E-state index contributed by atoms with van der Waals surface area (Å²) in [5.74, 6) is 1.74. The third-order valence-electron chi connectivity index (χ3n) is 5.97. The molecular formula is C23H28N2O3. The molecule has 1 aromatic carbocycles. The monoisotopic (exact) mass is 380 g/mol. The lowest BCUT2D eigenvalue weighted by Crippen LogP contribution is -2.50. The van der Waals surface area contributed by atoms with E-state index < -0.39 is 0 Å². The van der Waals surface area contributed by atoms with E-state index in [4.69, 9.17) is 4.74 Å². The van der Waals surface area contributed by atoms with Gasteiger partial charge in [-0.05, 0) is 48.4 Å². The van der Waals surface area contributed by atoms with Gasteiger partial charge in [0.25, 0.3) is 11.5 Å². The molecule has 2 bridgehead atoms. The minimum atomic E-state index is 0.0256. The Morgan fingerprint density at radius 3 is 2.79 bits per heavy atom. The number of rotatable bonds is 4. The molecule has 3 heterocycles. The fourth-order valence-corrected chi connectivity index (χ4v) is 4.57. The summed E-state index contributed by atoms with van der Waals surface area (Å²) in [7, 11) is 0. The lowest BCUT2D eigenvalue weighted by atomic mass is 9.83. The summed E-state index contributed by atoms with van der Waals surface area (Å²) in [6, 6.07) is 11.6. The molecular weight excluding hydrogens is 352 g/mol. The van der Waals surface area contributed by atoms with Gasteiger partial charge in [-0.1, -0.05) is 32.0 Å². The van der Waals surface area contributed by atoms with E-state index >= 15 is 0 Å². The van der Waals surface area contributed by atoms with E-state index in [9.17, 15) is 9.59 Å². The van der Waals surface area contributed by atoms with Crippen LogP contribution in [0.5, 0.6) is 5.75 Å². The van der Waals surface area contributed by atoms with E-state index in [1.807, 2.05) is 34.6 Å². The molecule has 0 radical (unpaired) electrons. The fourth-order valence-electron chi connectivity index (χ4n) is 4.57. The van der Waals surface area contributed by atoms with Gasteiger partial charge in [-0.3, -0.25) is 9.59 Å². The van der Waals surface area contributed by atoms with Gasteiger partial charge in [-0.2, -0.15) is 0 Å². The first kappa shape index (κ1) is 18.8. The van der Waals surface area contributed by atoms with Crippen molar-refractivity contribution < 1.29 is 9.53 Å². The maximum atomic E-state index is 12.9. The predicted octanol–water partition coefficient (Wildman–Crippen LogP) is 3.30. The van der Waals surface area contributed by atoms with Gasteiger partial charge in [0.1, 0.15) is 5.75 Å². The summed E-state index contributed by atoms with van der Waals surface area (Å²) < 4.78 is 7.85. The Hall–Kier alpha value is -2.56. The molecule has 1 saturated heterocycles. The SMILES string of the molecule is Cc1ccc(C(C)C)c(OCC(=O)N2C[C@H]3C[C@@H](C2)c2cccc(=O)n2C3)c1. The van der Waals surface area contributed by atoms with Crippen LogP contribution in [-0.2, 0) is 11.3 Å². The van der Waals surface area contributed by atoms with Crippen LogP contribution in [0, 0.1) is 12.8 Å². The predicted molar refractivity (Wildman–Crippen MR) is 109 cm³/mol. The van der Waals surface area contributed by atoms with Gasteiger partial charge in [0.15, 0.2) is 6.61 Å². The number of benzene rings is 1. The van der Waals surface area contributed by atoms with Crippen molar-refractivity contribution in [2.24, 2.45) is 5.92 Å². The van der Waals surface area contributed by atoms with Gasteiger partial charge in [-0.25, -0.2) is 0 Å². The molecule has 2 aliphatic rings. The van der Waals surface area contributed by atoms with Crippen molar-refractivity contribution in [2.75, 3.05) is 19.7 Å². The molecule has 0 spiro atoms. The number of carbonyl (C=O) groups excluding carboxylic acids is 1. The minimum absolute atomic E-state index is 0.0256. The van der Waals surface area contributed by atoms with Gasteiger partial charge >= 0.3 is 0 Å². The molecule has 1 fully saturated rings. The third-order valence-corrected chi connectivity index (χ3v) is 5.97. The van der Waals surface area contributed by atoms with Crippen LogP contribution in [0.15, 0.2) is 41.2 Å². The first-order chi connectivity index (χ1) is 13.4. The molecule has 5 heteroatoms. The number of hydrogen-bond acceptors (Lipinski definition) is 3. The summed E-state index contributed by atoms with van der Waals surface area (Å²) in [6.07, 6.45) is 1.05. The number of aromatic nitrogens is 1. The molecule has 2 aliphatic heterocycles. The molecule has 0 N–H and O–H groups in total. The second kappa shape index (κ2) is 7.46. The second-order valence-corrected chi connectivity index (χ2v) is 8.48. The van der Waals surface area contributed by atoms with E-state index in [1.165, 1.54) is 0 Å². The summed E-state index contributed by atoms with van der Waals surface area (Å²) in [5, 5.41) is 0. The Balaban J connectivity index is 1.46. The van der Waals surface area contributed by atoms with Crippen LogP contribution in [0.2, 0.25) is 0 Å². The van der Waals surface area contributed by atoms with Crippen molar-refractivity contribution in [1.29, 1.82) is 0 Å². The molecule has 2 aromatic rings. The van der Waals surface area contributed by atoms with Crippen molar-refractivity contribution in [1.82, 2.24) is 9.47 Å². The van der Waals surface area contributed by atoms with Crippen molar-refractivity contribution in [3.8, 4) is 5.75 Å². The highest BCUT2D eigenvalue weighted by molar-refractivity contribution is 5.78. The van der Waals surface area contributed by atoms with E-state index in [0.717, 1.165) is 29.0 Å². The number of likely N-dealkylation sites (tertiary alicyclic amines) is 1. The quantitative estimate of drug-likeness (QED) is 0.818. The Morgan fingerprint density at radius 2 is 2.00 bits per heavy atom. The molecule has 1 amide bonds. The lowest BCUT2D eigenvalue weighted by molar-refractivity contribution is -0.136. The number of fused-ring (bicyclic) bond motifs is 4. The third kappa shape index (κ3) is 3.58. The van der Waals surface area contributed by atoms with Gasteiger partial charge < -0.3 is 14.2 Å². The largest absolute Gasteiger partial charge is 0.483 e. The summed E-state index contributed by atoms with van der Waals surface area (Å²) >= 11 is 0. The highest BCUT2D eigenvalue weighted by Crippen LogP contribution is 2.35. The smallest absolute Gasteiger partial charge is 0.260 e. The Morgan fingerprint density at radius 1 is 1.18 bits per heavy atom. The number of piperidine rings is 1. The van der Waals surface area contributed by atoms with Crippen molar-refractivity contribution in [2.45, 2.75) is 45.6 Å². The highest BCUT2D eigenvalue weighted by Gasteiger charge is 2.36. The van der Waals surface area contributed by atoms with E-state index in [2.05, 4.69) is 26.0 Å². The Kier molecular flexibility index (Phi) is 5.00. The maximum Gasteiger partial charge on any atom is 0.260 e. The molecule has 5 nitrogen and oxygen atoms in total. The van der Waals surface area contributed by atoms with Gasteiger partial charge in [0.2, 0.25) is 0 Å². The zero-order chi connectivity index (χ0) is 19.8. The standard InChI is InChI=1S/C23H28N2O3/c1-15(2)19-8-7-16(3)9-21(19)28-14-23(27)24-11-17-10-18(13-24)20-5-4-6-22(26)25(20)12-17/h4-9,15,17-18H,10-14H2,1-3H3/t17-,18+/m1/s1. The number of aryl methyl sites for hydroxylation is 1. The van der Waals surface area contributed by atoms with Crippen molar-refractivity contribution in [3.63, 3.8) is 0 Å². The average Bonchev–Trinajstić information content (AvgIpc) is 2.66. The zero-order valence-corrected chi connectivity index (χ0v) is 16.9. The molecule has 0 unspecified atom stereocenters. The molecule has 1 aromatic heterocycles. The van der Waals surface area contributed by atoms with Crippen molar-refractivity contribution in [3.05, 3.63) is 63.6 Å². The molecule has 4 rings (SSSR count). The van der Waals surface area contributed by atoms with Gasteiger partial charge in [0.05, 0.1) is 0 Å². The van der Waals surface area contributed by atoms with Gasteiger partial charge in [0, 0.05) is 37.3 Å². The molecule has 0 saturated carbocycles. The van der Waals surface area contributed by atoms with Crippen LogP contribution in [0.1, 0.15) is 48.9 Å². The number of pyridine rings is 1. The van der Waals surface area contributed by atoms with E-state index in [0.29, 0.717) is 31.5 Å². The number of carbonyl (C=O) groups is 1. The summed E-state index contributed by atoms with van der Waals surface area (Å²) in [6.45, 7) is 8.41. The number of hydrogen-bond donors (Lipinski definition) is 0. The first-order valence-electron chi connectivity index (χ1n) is 10.1. The maximum absolute atomic E-state index is 12.9. The first-order valence-corrected chi connectivity index (χ1v) is 10.1. The van der Waals surface area contributed by atoms with Crippen LogP contribution >= 0.6 is 0 Å². The topological polar surface area (TPSA) is 51.5 Å². The minimum Gasteiger partial charge on any atom is -0.483 e. The molecule has 28 heavy (non-hydrogen) atoms. The normalized spacial score (nSPS) is 20.8. The second-order valence-electron chi connectivity index (χ2n) is 8.48. The van der Waals surface area contributed by atoms with Crippen molar-refractivity contribution >= 4 is 5.91 Å². The zero-order valence-electron chi connectivity index (χ0n) is 16.9. The average molecular weight is 380 g/mol. The Bertz CT molecular complexity index is 947. The Labute approximate surface area is 165 Å². The molecule has 2 atom stereocenters.